The highest BCUT2D eigenvalue weighted by molar-refractivity contribution is 5.86. The highest BCUT2D eigenvalue weighted by Crippen LogP contribution is 2.23. The third-order valence-electron chi connectivity index (χ3n) is 8.50. The highest BCUT2D eigenvalue weighted by Gasteiger charge is 2.04. The Morgan fingerprint density at radius 1 is 0.411 bits per heavy atom. The Morgan fingerprint density at radius 2 is 0.804 bits per heavy atom. The molecule has 0 amide bonds. The molecule has 6 rings (SSSR count). The van der Waals surface area contributed by atoms with Gasteiger partial charge in [-0.15, -0.1) is 0 Å². The van der Waals surface area contributed by atoms with E-state index in [4.69, 9.17) is 19.7 Å². The number of benzene rings is 6. The summed E-state index contributed by atoms with van der Waals surface area (Å²) in [5.41, 5.74) is 8.19. The van der Waals surface area contributed by atoms with Crippen LogP contribution in [0, 0.1) is 0 Å². The Morgan fingerprint density at radius 3 is 1.39 bits per heavy atom. The molecule has 0 saturated carbocycles. The summed E-state index contributed by atoms with van der Waals surface area (Å²) in [4.78, 5) is 21.5. The maximum Gasteiger partial charge on any atom is 0.328 e. The van der Waals surface area contributed by atoms with E-state index in [-0.39, 0.29) is 0 Å². The molecule has 0 aromatic heterocycles. The number of rotatable bonds is 16. The predicted octanol–water partition coefficient (Wildman–Crippen LogP) is 11.2. The van der Waals surface area contributed by atoms with Crippen LogP contribution in [0.3, 0.4) is 0 Å². The van der Waals surface area contributed by atoms with Crippen molar-refractivity contribution in [3.8, 4) is 11.5 Å². The average molecular weight is 741 g/mol. The number of carboxylic acid groups (broad SMARTS) is 2. The van der Waals surface area contributed by atoms with Gasteiger partial charge in [0.05, 0.1) is 0 Å². The van der Waals surface area contributed by atoms with Crippen LogP contribution in [0.4, 0.5) is 0 Å². The molecular weight excluding hydrogens is 697 g/mol. The topological polar surface area (TPSA) is 93.1 Å². The van der Waals surface area contributed by atoms with Gasteiger partial charge < -0.3 is 19.7 Å². The van der Waals surface area contributed by atoms with Gasteiger partial charge in [0.2, 0.25) is 0 Å². The normalized spacial score (nSPS) is 11.1. The first-order valence-corrected chi connectivity index (χ1v) is 18.3. The average Bonchev–Trinajstić information content (AvgIpc) is 3.23. The van der Waals surface area contributed by atoms with E-state index >= 15 is 0 Å². The summed E-state index contributed by atoms with van der Waals surface area (Å²) in [7, 11) is 0. The third-order valence-corrected chi connectivity index (χ3v) is 8.50. The van der Waals surface area contributed by atoms with Crippen molar-refractivity contribution >= 4 is 36.2 Å². The molecule has 0 atom stereocenters. The number of allylic oxidation sites excluding steroid dienone is 2. The second-order valence-corrected chi connectivity index (χ2v) is 12.6. The number of hydrogen-bond acceptors (Lipinski definition) is 4. The zero-order valence-corrected chi connectivity index (χ0v) is 31.0. The fourth-order valence-electron chi connectivity index (χ4n) is 5.68. The molecule has 6 nitrogen and oxygen atoms in total. The van der Waals surface area contributed by atoms with E-state index in [0.717, 1.165) is 74.6 Å². The van der Waals surface area contributed by atoms with E-state index in [2.05, 4.69) is 18.2 Å². The molecule has 0 unspecified atom stereocenters. The van der Waals surface area contributed by atoms with Gasteiger partial charge in [-0.2, -0.15) is 0 Å². The van der Waals surface area contributed by atoms with E-state index < -0.39 is 11.9 Å². The van der Waals surface area contributed by atoms with Gasteiger partial charge in [-0.05, 0) is 76.1 Å². The molecule has 0 aliphatic carbocycles. The van der Waals surface area contributed by atoms with E-state index in [1.165, 1.54) is 0 Å². The molecule has 0 spiro atoms. The fraction of sp³-hybridized carbons (Fsp3) is 0.0800. The van der Waals surface area contributed by atoms with Crippen molar-refractivity contribution in [2.75, 3.05) is 0 Å². The molecule has 6 aromatic rings. The van der Waals surface area contributed by atoms with Gasteiger partial charge in [0.1, 0.15) is 24.7 Å². The first kappa shape index (κ1) is 40.0. The number of hydrogen-bond donors (Lipinski definition) is 2. The number of para-hydroxylation sites is 2. The molecule has 56 heavy (non-hydrogen) atoms. The molecule has 6 heteroatoms. The van der Waals surface area contributed by atoms with Gasteiger partial charge >= 0.3 is 11.9 Å². The summed E-state index contributed by atoms with van der Waals surface area (Å²) in [5.74, 6) is -0.199. The number of carboxylic acids is 2. The molecule has 0 bridgehead atoms. The van der Waals surface area contributed by atoms with Crippen molar-refractivity contribution in [3.63, 3.8) is 0 Å². The lowest BCUT2D eigenvalue weighted by Crippen LogP contribution is -1.98. The summed E-state index contributed by atoms with van der Waals surface area (Å²) >= 11 is 0. The molecule has 0 radical (unpaired) electrons. The van der Waals surface area contributed by atoms with E-state index in [9.17, 15) is 9.59 Å². The van der Waals surface area contributed by atoms with Crippen LogP contribution in [0.25, 0.3) is 24.3 Å². The van der Waals surface area contributed by atoms with Crippen molar-refractivity contribution < 1.29 is 29.3 Å². The lowest BCUT2D eigenvalue weighted by Gasteiger charge is -2.10. The van der Waals surface area contributed by atoms with Gasteiger partial charge in [0.15, 0.2) is 0 Å². The van der Waals surface area contributed by atoms with Crippen LogP contribution >= 0.6 is 0 Å². The largest absolute Gasteiger partial charge is 0.489 e. The molecule has 0 saturated heterocycles. The second kappa shape index (κ2) is 22.1. The smallest absolute Gasteiger partial charge is 0.328 e. The van der Waals surface area contributed by atoms with Gasteiger partial charge in [0, 0.05) is 17.7 Å². The van der Waals surface area contributed by atoms with Crippen molar-refractivity contribution in [1.82, 2.24) is 0 Å². The minimum atomic E-state index is -0.955. The van der Waals surface area contributed by atoms with Gasteiger partial charge in [-0.3, -0.25) is 0 Å². The minimum Gasteiger partial charge on any atom is -0.489 e. The molecule has 0 fully saturated rings. The van der Waals surface area contributed by atoms with Crippen LogP contribution in [0.2, 0.25) is 0 Å². The fourth-order valence-corrected chi connectivity index (χ4v) is 5.68. The summed E-state index contributed by atoms with van der Waals surface area (Å²) in [5, 5.41) is 17.7. The Balaban J connectivity index is 0.000000214. The maximum absolute atomic E-state index is 10.8. The number of aliphatic carboxylic acids is 2. The Hall–Kier alpha value is -7.18. The molecule has 280 valence electrons. The molecule has 6 aromatic carbocycles. The Kier molecular flexibility index (Phi) is 15.8. The third kappa shape index (κ3) is 13.7. The van der Waals surface area contributed by atoms with Crippen LogP contribution in [0.5, 0.6) is 11.5 Å². The van der Waals surface area contributed by atoms with Crippen LogP contribution in [-0.2, 0) is 35.6 Å². The highest BCUT2D eigenvalue weighted by atomic mass is 16.5. The maximum atomic E-state index is 10.8. The van der Waals surface area contributed by atoms with Gasteiger partial charge in [0.25, 0.3) is 0 Å². The molecule has 2 N–H and O–H groups in total. The minimum absolute atomic E-state index is 0.522. The first-order valence-electron chi connectivity index (χ1n) is 18.3. The quantitative estimate of drug-likeness (QED) is 0.0960. The van der Waals surface area contributed by atoms with Crippen LogP contribution < -0.4 is 9.47 Å². The van der Waals surface area contributed by atoms with Crippen molar-refractivity contribution in [3.05, 3.63) is 227 Å². The number of carbonyl (C=O) groups is 2. The molecule has 0 heterocycles. The molecule has 0 aliphatic rings. The Labute approximate surface area is 328 Å². The lowest BCUT2D eigenvalue weighted by atomic mass is 10.0. The monoisotopic (exact) mass is 740 g/mol. The van der Waals surface area contributed by atoms with Crippen molar-refractivity contribution in [1.29, 1.82) is 0 Å². The van der Waals surface area contributed by atoms with Crippen LogP contribution in [0.1, 0.15) is 44.5 Å². The summed E-state index contributed by atoms with van der Waals surface area (Å²) in [6, 6.07) is 51.6. The van der Waals surface area contributed by atoms with E-state index in [0.29, 0.717) is 19.6 Å². The SMILES string of the molecule is O=C(O)/C=C/c1ccccc1/C=C/Cc1ccccc1OCc1ccccc1.O=C(O)/C=C/c1ccccc1C/C=C\c1ccccc1OCc1ccccc1. The van der Waals surface area contributed by atoms with Crippen molar-refractivity contribution in [2.45, 2.75) is 26.1 Å². The lowest BCUT2D eigenvalue weighted by molar-refractivity contribution is -0.132. The van der Waals surface area contributed by atoms with Gasteiger partial charge in [-0.1, -0.05) is 170 Å². The standard InChI is InChI=1S/2C25H22O3/c2*26-25(27)18-17-22-12-5-4-11-21(22)14-8-15-23-13-6-7-16-24(23)28-19-20-9-2-1-3-10-20/h1-13,15-18H,14,19H2,(H,26,27);1-14,16-18H,15,19H2,(H,26,27)/b15-8-,18-17+;14-8+,18-17+. The predicted molar refractivity (Wildman–Crippen MR) is 226 cm³/mol. The Bertz CT molecular complexity index is 2270. The molecular formula is C50H44O6. The summed E-state index contributed by atoms with van der Waals surface area (Å²) < 4.78 is 12.0. The zero-order chi connectivity index (χ0) is 39.2. The van der Waals surface area contributed by atoms with E-state index in [1.54, 1.807) is 12.2 Å². The van der Waals surface area contributed by atoms with E-state index in [1.807, 2.05) is 164 Å². The first-order chi connectivity index (χ1) is 27.4. The van der Waals surface area contributed by atoms with Crippen molar-refractivity contribution in [2.24, 2.45) is 0 Å². The van der Waals surface area contributed by atoms with Crippen LogP contribution in [-0.4, -0.2) is 22.2 Å². The zero-order valence-electron chi connectivity index (χ0n) is 31.0. The molecule has 0 aliphatic heterocycles. The second-order valence-electron chi connectivity index (χ2n) is 12.6. The van der Waals surface area contributed by atoms with Crippen LogP contribution in [0.15, 0.2) is 182 Å². The number of ether oxygens (including phenoxy) is 2. The van der Waals surface area contributed by atoms with Gasteiger partial charge in [-0.25, -0.2) is 9.59 Å². The summed E-state index contributed by atoms with van der Waals surface area (Å²) in [6.07, 6.45) is 15.2. The summed E-state index contributed by atoms with van der Waals surface area (Å²) in [6.45, 7) is 1.05.